The van der Waals surface area contributed by atoms with Crippen molar-refractivity contribution in [1.29, 1.82) is 5.26 Å². The maximum Gasteiger partial charge on any atom is 0.252 e. The molecule has 2 heterocycles. The fourth-order valence-electron chi connectivity index (χ4n) is 2.17. The molecular weight excluding hydrogens is 384 g/mol. The summed E-state index contributed by atoms with van der Waals surface area (Å²) in [6, 6.07) is 5.72. The molecule has 10 heteroatoms. The number of fused-ring (bicyclic) bond motifs is 1. The smallest absolute Gasteiger partial charge is 0.252 e. The number of pyridine rings is 1. The lowest BCUT2D eigenvalue weighted by atomic mass is 10.3. The minimum atomic E-state index is -0.898. The van der Waals surface area contributed by atoms with Crippen molar-refractivity contribution in [2.45, 2.75) is 4.21 Å². The molecule has 0 fully saturated rings. The number of rotatable bonds is 4. The van der Waals surface area contributed by atoms with Gasteiger partial charge in [-0.3, -0.25) is 9.59 Å². The Morgan fingerprint density at radius 2 is 2.15 bits per heavy atom. The van der Waals surface area contributed by atoms with E-state index in [1.807, 2.05) is 6.07 Å². The minimum Gasteiger partial charge on any atom is -0.506 e. The van der Waals surface area contributed by atoms with E-state index < -0.39 is 23.1 Å². The maximum absolute atomic E-state index is 13.6. The molecule has 0 saturated carbocycles. The normalized spacial score (nSPS) is 10.7. The number of nitrogens with one attached hydrogen (secondary N) is 2. The first-order chi connectivity index (χ1) is 12.4. The monoisotopic (exact) mass is 393 g/mol. The summed E-state index contributed by atoms with van der Waals surface area (Å²) >= 11 is 2.06. The summed E-state index contributed by atoms with van der Waals surface area (Å²) in [5, 5.41) is 21.4. The number of carbonyl (C=O) groups excluding carboxylic acids is 1. The van der Waals surface area contributed by atoms with Gasteiger partial charge in [-0.2, -0.15) is 5.26 Å². The van der Waals surface area contributed by atoms with E-state index >= 15 is 0 Å². The van der Waals surface area contributed by atoms with Crippen LogP contribution in [0.3, 0.4) is 0 Å². The molecule has 1 aromatic carbocycles. The molecule has 0 saturated heterocycles. The molecule has 0 atom stereocenters. The lowest BCUT2D eigenvalue weighted by molar-refractivity contribution is -0.113. The van der Waals surface area contributed by atoms with Crippen molar-refractivity contribution in [3.63, 3.8) is 0 Å². The largest absolute Gasteiger partial charge is 0.506 e. The fourth-order valence-corrected chi connectivity index (χ4v) is 4.31. The highest BCUT2D eigenvalue weighted by Crippen LogP contribution is 2.39. The zero-order valence-corrected chi connectivity index (χ0v) is 14.4. The number of anilines is 1. The molecule has 0 aliphatic carbocycles. The van der Waals surface area contributed by atoms with Gasteiger partial charge in [-0.15, -0.1) is 23.1 Å². The first-order valence-electron chi connectivity index (χ1n) is 7.05. The van der Waals surface area contributed by atoms with Crippen LogP contribution in [-0.2, 0) is 4.79 Å². The summed E-state index contributed by atoms with van der Waals surface area (Å²) in [5.74, 6) is -2.61. The molecule has 2 aromatic heterocycles. The van der Waals surface area contributed by atoms with Crippen LogP contribution < -0.4 is 10.9 Å². The molecule has 132 valence electrons. The van der Waals surface area contributed by atoms with E-state index in [-0.39, 0.29) is 28.3 Å². The third-order valence-corrected chi connectivity index (χ3v) is 5.76. The number of aromatic hydroxyl groups is 1. The van der Waals surface area contributed by atoms with E-state index in [9.17, 15) is 28.7 Å². The number of carbonyl (C=O) groups is 1. The summed E-state index contributed by atoms with van der Waals surface area (Å²) in [4.78, 5) is 25.9. The molecular formula is C16H9F2N3O3S2. The standard InChI is InChI=1S/C16H9F2N3O3S2/c17-7-1-2-10(9(18)3-7)20-13(24)6-25-16-8(5-19)14-15(26-16)11(22)4-12(23)21-14/h1-4H,6H2,(H,20,24)(H2,21,22,23). The number of thiophene rings is 1. The van der Waals surface area contributed by atoms with Crippen LogP contribution in [0.4, 0.5) is 14.5 Å². The van der Waals surface area contributed by atoms with Gasteiger partial charge in [0.1, 0.15) is 29.0 Å². The van der Waals surface area contributed by atoms with Gasteiger partial charge in [0.25, 0.3) is 5.56 Å². The second kappa shape index (κ2) is 7.15. The van der Waals surface area contributed by atoms with Gasteiger partial charge in [-0.25, -0.2) is 8.78 Å². The zero-order valence-electron chi connectivity index (χ0n) is 12.8. The highest BCUT2D eigenvalue weighted by Gasteiger charge is 2.18. The van der Waals surface area contributed by atoms with Crippen LogP contribution in [0, 0.1) is 23.0 Å². The molecule has 0 aliphatic heterocycles. The lowest BCUT2D eigenvalue weighted by Gasteiger charge is -2.05. The highest BCUT2D eigenvalue weighted by atomic mass is 32.2. The van der Waals surface area contributed by atoms with E-state index in [1.54, 1.807) is 0 Å². The van der Waals surface area contributed by atoms with Gasteiger partial charge in [0.2, 0.25) is 5.91 Å². The van der Waals surface area contributed by atoms with Crippen molar-refractivity contribution in [1.82, 2.24) is 4.98 Å². The van der Waals surface area contributed by atoms with Crippen molar-refractivity contribution in [2.24, 2.45) is 0 Å². The van der Waals surface area contributed by atoms with E-state index in [1.165, 1.54) is 0 Å². The molecule has 0 spiro atoms. The number of thioether (sulfide) groups is 1. The maximum atomic E-state index is 13.6. The first-order valence-corrected chi connectivity index (χ1v) is 8.86. The number of aromatic nitrogens is 1. The van der Waals surface area contributed by atoms with Crippen LogP contribution in [0.1, 0.15) is 5.56 Å². The van der Waals surface area contributed by atoms with E-state index in [4.69, 9.17) is 0 Å². The lowest BCUT2D eigenvalue weighted by Crippen LogP contribution is -2.15. The average molecular weight is 393 g/mol. The molecule has 0 unspecified atom stereocenters. The van der Waals surface area contributed by atoms with Gasteiger partial charge in [-0.1, -0.05) is 0 Å². The van der Waals surface area contributed by atoms with Crippen LogP contribution in [0.5, 0.6) is 5.75 Å². The van der Waals surface area contributed by atoms with E-state index in [0.29, 0.717) is 15.0 Å². The predicted octanol–water partition coefficient (Wildman–Crippen LogP) is 3.18. The van der Waals surface area contributed by atoms with Gasteiger partial charge in [-0.05, 0) is 12.1 Å². The van der Waals surface area contributed by atoms with Crippen LogP contribution in [-0.4, -0.2) is 21.8 Å². The number of H-pyrrole nitrogens is 1. The van der Waals surface area contributed by atoms with Crippen LogP contribution >= 0.6 is 23.1 Å². The number of nitrogens with zero attached hydrogens (tertiary/aromatic N) is 1. The second-order valence-electron chi connectivity index (χ2n) is 5.06. The average Bonchev–Trinajstić information content (AvgIpc) is 2.93. The summed E-state index contributed by atoms with van der Waals surface area (Å²) in [6.45, 7) is 0. The third kappa shape index (κ3) is 3.54. The molecule has 0 aliphatic rings. The van der Waals surface area contributed by atoms with Crippen molar-refractivity contribution in [3.05, 3.63) is 51.8 Å². The molecule has 1 amide bonds. The Hall–Kier alpha value is -2.90. The quantitative estimate of drug-likeness (QED) is 0.591. The topological polar surface area (TPSA) is 106 Å². The van der Waals surface area contributed by atoms with Gasteiger partial charge in [0.15, 0.2) is 0 Å². The van der Waals surface area contributed by atoms with Gasteiger partial charge < -0.3 is 15.4 Å². The van der Waals surface area contributed by atoms with Crippen molar-refractivity contribution in [3.8, 4) is 11.8 Å². The molecule has 26 heavy (non-hydrogen) atoms. The van der Waals surface area contributed by atoms with Crippen molar-refractivity contribution < 1.29 is 18.7 Å². The Morgan fingerprint density at radius 1 is 1.38 bits per heavy atom. The molecule has 0 bridgehead atoms. The summed E-state index contributed by atoms with van der Waals surface area (Å²) in [6.07, 6.45) is 0. The summed E-state index contributed by atoms with van der Waals surface area (Å²) in [5.41, 5.74) is -0.361. The van der Waals surface area contributed by atoms with Crippen molar-refractivity contribution >= 4 is 44.9 Å². The Labute approximate surface area is 153 Å². The molecule has 3 rings (SSSR count). The Balaban J connectivity index is 1.79. The third-order valence-electron chi connectivity index (χ3n) is 3.28. The van der Waals surface area contributed by atoms with Crippen LogP contribution in [0.15, 0.2) is 33.3 Å². The number of halogens is 2. The SMILES string of the molecule is N#Cc1c(SCC(=O)Nc2ccc(F)cc2F)sc2c(O)cc(=O)[nH]c12. The van der Waals surface area contributed by atoms with Gasteiger partial charge in [0, 0.05) is 12.1 Å². The number of amides is 1. The molecule has 0 radical (unpaired) electrons. The second-order valence-corrected chi connectivity index (χ2v) is 7.32. The van der Waals surface area contributed by atoms with Gasteiger partial charge in [0.05, 0.1) is 25.9 Å². The van der Waals surface area contributed by atoms with Gasteiger partial charge >= 0.3 is 0 Å². The number of hydrogen-bond donors (Lipinski definition) is 3. The molecule has 6 nitrogen and oxygen atoms in total. The molecule has 3 N–H and O–H groups in total. The molecule has 3 aromatic rings. The number of aromatic amines is 1. The Kier molecular flexibility index (Phi) is 4.92. The van der Waals surface area contributed by atoms with Crippen LogP contribution in [0.25, 0.3) is 10.2 Å². The van der Waals surface area contributed by atoms with E-state index in [2.05, 4.69) is 10.3 Å². The van der Waals surface area contributed by atoms with Crippen molar-refractivity contribution in [2.75, 3.05) is 11.1 Å². The zero-order chi connectivity index (χ0) is 18.8. The predicted molar refractivity (Wildman–Crippen MR) is 94.5 cm³/mol. The fraction of sp³-hybridized carbons (Fsp3) is 0.0625. The Bertz CT molecular complexity index is 1120. The van der Waals surface area contributed by atoms with Crippen LogP contribution in [0.2, 0.25) is 0 Å². The number of hydrogen-bond acceptors (Lipinski definition) is 6. The highest BCUT2D eigenvalue weighted by molar-refractivity contribution is 8.02. The minimum absolute atomic E-state index is 0.142. The number of benzene rings is 1. The Morgan fingerprint density at radius 3 is 2.85 bits per heavy atom. The summed E-state index contributed by atoms with van der Waals surface area (Å²) in [7, 11) is 0. The summed E-state index contributed by atoms with van der Waals surface area (Å²) < 4.78 is 27.2. The van der Waals surface area contributed by atoms with E-state index in [0.717, 1.165) is 41.3 Å². The number of nitriles is 1. The first kappa shape index (κ1) is 17.9.